The van der Waals surface area contributed by atoms with E-state index in [0.717, 1.165) is 0 Å². The average Bonchev–Trinajstić information content (AvgIpc) is 2.97. The molecule has 0 radical (unpaired) electrons. The first kappa shape index (κ1) is 14.2. The average molecular weight is 287 g/mol. The van der Waals surface area contributed by atoms with Gasteiger partial charge in [0.05, 0.1) is 6.26 Å². The van der Waals surface area contributed by atoms with Crippen molar-refractivity contribution in [1.82, 2.24) is 0 Å². The minimum Gasteiger partial charge on any atom is -0.459 e. The quantitative estimate of drug-likeness (QED) is 0.927. The predicted octanol–water partition coefficient (Wildman–Crippen LogP) is 4.01. The number of rotatable bonds is 3. The second-order valence-corrected chi connectivity index (χ2v) is 4.15. The first-order valence-electron chi connectivity index (χ1n) is 5.89. The van der Waals surface area contributed by atoms with Crippen molar-refractivity contribution in [2.24, 2.45) is 0 Å². The van der Waals surface area contributed by atoms with Gasteiger partial charge in [-0.1, -0.05) is 6.92 Å². The van der Waals surface area contributed by atoms with E-state index >= 15 is 0 Å². The van der Waals surface area contributed by atoms with Gasteiger partial charge in [0.1, 0.15) is 0 Å². The number of hydrogen-bond acceptors (Lipinski definition) is 3. The van der Waals surface area contributed by atoms with Gasteiger partial charge in [-0.3, -0.25) is 10.1 Å². The molecule has 108 valence electrons. The second-order valence-electron chi connectivity index (χ2n) is 4.15. The molecule has 0 aliphatic heterocycles. The van der Waals surface area contributed by atoms with Crippen molar-refractivity contribution in [2.45, 2.75) is 26.4 Å². The van der Waals surface area contributed by atoms with Crippen molar-refractivity contribution in [1.29, 1.82) is 0 Å². The van der Waals surface area contributed by atoms with Gasteiger partial charge in [-0.05, 0) is 25.5 Å². The van der Waals surface area contributed by atoms with Crippen LogP contribution >= 0.6 is 0 Å². The number of carbonyl (C=O) groups excluding carboxylic acids is 1. The maximum Gasteiger partial charge on any atom is 0.449 e. The van der Waals surface area contributed by atoms with Gasteiger partial charge in [0.15, 0.2) is 5.76 Å². The summed E-state index contributed by atoms with van der Waals surface area (Å²) in [5, 5.41) is 2.28. The summed E-state index contributed by atoms with van der Waals surface area (Å²) >= 11 is 0. The predicted molar refractivity (Wildman–Crippen MR) is 64.5 cm³/mol. The topological polar surface area (TPSA) is 55.4 Å². The van der Waals surface area contributed by atoms with Gasteiger partial charge in [-0.15, -0.1) is 0 Å². The molecular formula is C13H12F3NO3. The first-order valence-corrected chi connectivity index (χ1v) is 5.89. The van der Waals surface area contributed by atoms with Crippen molar-refractivity contribution < 1.29 is 26.8 Å². The van der Waals surface area contributed by atoms with Crippen LogP contribution in [-0.2, 0) is 12.6 Å². The van der Waals surface area contributed by atoms with E-state index < -0.39 is 17.8 Å². The zero-order valence-corrected chi connectivity index (χ0v) is 10.8. The van der Waals surface area contributed by atoms with Crippen LogP contribution in [0.4, 0.5) is 19.1 Å². The number of furan rings is 2. The molecule has 2 aromatic rings. The van der Waals surface area contributed by atoms with Crippen LogP contribution in [0.15, 0.2) is 27.2 Å². The molecule has 0 atom stereocenters. The zero-order chi connectivity index (χ0) is 14.9. The number of hydrogen-bond donors (Lipinski definition) is 1. The summed E-state index contributed by atoms with van der Waals surface area (Å²) in [5.74, 6) is -1.96. The lowest BCUT2D eigenvalue weighted by atomic mass is 10.1. The van der Waals surface area contributed by atoms with E-state index in [-0.39, 0.29) is 29.2 Å². The molecule has 0 saturated heterocycles. The van der Waals surface area contributed by atoms with E-state index in [2.05, 4.69) is 5.32 Å². The van der Waals surface area contributed by atoms with Gasteiger partial charge in [0.25, 0.3) is 5.91 Å². The van der Waals surface area contributed by atoms with Gasteiger partial charge in [-0.25, -0.2) is 0 Å². The molecule has 20 heavy (non-hydrogen) atoms. The highest BCUT2D eigenvalue weighted by molar-refractivity contribution is 6.01. The minimum absolute atomic E-state index is 0.00703. The largest absolute Gasteiger partial charge is 0.459 e. The van der Waals surface area contributed by atoms with Crippen LogP contribution in [0.5, 0.6) is 0 Å². The fourth-order valence-electron chi connectivity index (χ4n) is 1.89. The van der Waals surface area contributed by atoms with Gasteiger partial charge in [-0.2, -0.15) is 13.2 Å². The molecule has 0 spiro atoms. The first-order chi connectivity index (χ1) is 9.34. The summed E-state index contributed by atoms with van der Waals surface area (Å²) in [7, 11) is 0. The summed E-state index contributed by atoms with van der Waals surface area (Å²) in [6.45, 7) is 3.06. The third-order valence-corrected chi connectivity index (χ3v) is 2.85. The van der Waals surface area contributed by atoms with Crippen molar-refractivity contribution in [2.75, 3.05) is 5.32 Å². The Hall–Kier alpha value is -2.18. The lowest BCUT2D eigenvalue weighted by Crippen LogP contribution is -2.11. The molecule has 0 bridgehead atoms. The third-order valence-electron chi connectivity index (χ3n) is 2.85. The fourth-order valence-corrected chi connectivity index (χ4v) is 1.89. The van der Waals surface area contributed by atoms with Crippen molar-refractivity contribution >= 4 is 11.8 Å². The molecule has 0 saturated carbocycles. The van der Waals surface area contributed by atoms with E-state index in [1.807, 2.05) is 0 Å². The van der Waals surface area contributed by atoms with E-state index in [9.17, 15) is 18.0 Å². The summed E-state index contributed by atoms with van der Waals surface area (Å²) in [5.41, 5.74) is 0.298. The number of halogens is 3. The van der Waals surface area contributed by atoms with Gasteiger partial charge in [0.2, 0.25) is 11.6 Å². The summed E-state index contributed by atoms with van der Waals surface area (Å²) in [6.07, 6.45) is -3.15. The highest BCUT2D eigenvalue weighted by Crippen LogP contribution is 2.38. The Morgan fingerprint density at radius 1 is 1.40 bits per heavy atom. The van der Waals surface area contributed by atoms with Crippen LogP contribution in [-0.4, -0.2) is 5.91 Å². The molecule has 0 unspecified atom stereocenters. The van der Waals surface area contributed by atoms with Gasteiger partial charge in [0, 0.05) is 11.1 Å². The number of alkyl halides is 3. The summed E-state index contributed by atoms with van der Waals surface area (Å²) < 4.78 is 48.1. The third kappa shape index (κ3) is 2.56. The lowest BCUT2D eigenvalue weighted by Gasteiger charge is -2.04. The molecule has 4 nitrogen and oxygen atoms in total. The highest BCUT2D eigenvalue weighted by Gasteiger charge is 2.39. The molecule has 7 heteroatoms. The normalized spacial score (nSPS) is 11.7. The molecule has 1 amide bonds. The standard InChI is InChI=1S/C13H12F3NO3/c1-3-8-7(2)12(20-10(8)13(14,15)16)17-11(18)9-5-4-6-19-9/h4-6H,3H2,1-2H3,(H,17,18). The maximum atomic E-state index is 12.8. The highest BCUT2D eigenvalue weighted by atomic mass is 19.4. The number of carbonyl (C=O) groups is 1. The zero-order valence-electron chi connectivity index (χ0n) is 10.8. The van der Waals surface area contributed by atoms with Crippen LogP contribution in [0.3, 0.4) is 0 Å². The lowest BCUT2D eigenvalue weighted by molar-refractivity contribution is -0.153. The maximum absolute atomic E-state index is 12.8. The Balaban J connectivity index is 2.34. The van der Waals surface area contributed by atoms with Crippen LogP contribution in [0.25, 0.3) is 0 Å². The summed E-state index contributed by atoms with van der Waals surface area (Å²) in [6, 6.07) is 2.90. The smallest absolute Gasteiger partial charge is 0.449 e. The Bertz CT molecular complexity index is 612. The Morgan fingerprint density at radius 3 is 2.55 bits per heavy atom. The van der Waals surface area contributed by atoms with E-state index in [1.54, 1.807) is 6.92 Å². The Labute approximate surface area is 112 Å². The molecule has 2 aromatic heterocycles. The number of nitrogens with one attached hydrogen (secondary N) is 1. The molecule has 2 rings (SSSR count). The Morgan fingerprint density at radius 2 is 2.10 bits per heavy atom. The van der Waals surface area contributed by atoms with Crippen LogP contribution in [0.2, 0.25) is 0 Å². The molecule has 2 heterocycles. The fraction of sp³-hybridized carbons (Fsp3) is 0.308. The Kier molecular flexibility index (Phi) is 3.61. The molecule has 0 aromatic carbocycles. The minimum atomic E-state index is -4.59. The molecular weight excluding hydrogens is 275 g/mol. The summed E-state index contributed by atoms with van der Waals surface area (Å²) in [4.78, 5) is 11.7. The van der Waals surface area contributed by atoms with Crippen LogP contribution < -0.4 is 5.32 Å². The molecule has 1 N–H and O–H groups in total. The van der Waals surface area contributed by atoms with Crippen molar-refractivity contribution in [3.63, 3.8) is 0 Å². The van der Waals surface area contributed by atoms with Crippen molar-refractivity contribution in [3.8, 4) is 0 Å². The van der Waals surface area contributed by atoms with Gasteiger partial charge < -0.3 is 8.83 Å². The number of amides is 1. The van der Waals surface area contributed by atoms with E-state index in [4.69, 9.17) is 8.83 Å². The van der Waals surface area contributed by atoms with Crippen LogP contribution in [0.1, 0.15) is 34.4 Å². The second kappa shape index (κ2) is 5.07. The van der Waals surface area contributed by atoms with E-state index in [1.165, 1.54) is 25.3 Å². The van der Waals surface area contributed by atoms with Crippen molar-refractivity contribution in [3.05, 3.63) is 41.0 Å². The molecule has 0 aliphatic rings. The van der Waals surface area contributed by atoms with Crippen LogP contribution in [0, 0.1) is 6.92 Å². The van der Waals surface area contributed by atoms with E-state index in [0.29, 0.717) is 0 Å². The SMILES string of the molecule is CCc1c(C(F)(F)F)oc(NC(=O)c2ccco2)c1C. The molecule has 0 fully saturated rings. The number of anilines is 1. The van der Waals surface area contributed by atoms with Gasteiger partial charge >= 0.3 is 6.18 Å². The molecule has 0 aliphatic carbocycles. The monoisotopic (exact) mass is 287 g/mol.